The van der Waals surface area contributed by atoms with Crippen molar-refractivity contribution in [3.05, 3.63) is 70.5 Å². The molecule has 0 fully saturated rings. The molecule has 0 aliphatic rings. The van der Waals surface area contributed by atoms with Gasteiger partial charge < -0.3 is 10.2 Å². The van der Waals surface area contributed by atoms with E-state index < -0.39 is 0 Å². The highest BCUT2D eigenvalue weighted by atomic mass is 16.2. The topological polar surface area (TPSA) is 97.2 Å². The van der Waals surface area contributed by atoms with Crippen LogP contribution in [0, 0.1) is 6.92 Å². The number of para-hydroxylation sites is 1. The van der Waals surface area contributed by atoms with Crippen LogP contribution in [0.2, 0.25) is 0 Å². The summed E-state index contributed by atoms with van der Waals surface area (Å²) in [4.78, 5) is 46.6. The van der Waals surface area contributed by atoms with E-state index in [2.05, 4.69) is 15.3 Å². The third kappa shape index (κ3) is 5.04. The molecule has 0 aliphatic carbocycles. The van der Waals surface area contributed by atoms with Crippen molar-refractivity contribution in [2.75, 3.05) is 13.6 Å². The van der Waals surface area contributed by atoms with Crippen LogP contribution in [0.5, 0.6) is 0 Å². The Hall–Kier alpha value is -3.55. The van der Waals surface area contributed by atoms with Crippen LogP contribution in [0.15, 0.2) is 53.8 Å². The number of carbonyl (C=O) groups is 2. The van der Waals surface area contributed by atoms with Crippen molar-refractivity contribution in [3.63, 3.8) is 0 Å². The molecule has 0 spiro atoms. The molecular weight excluding hydrogens is 370 g/mol. The first-order chi connectivity index (χ1) is 14.0. The van der Waals surface area contributed by atoms with Gasteiger partial charge in [0.05, 0.1) is 23.8 Å². The van der Waals surface area contributed by atoms with Gasteiger partial charge in [-0.1, -0.05) is 12.1 Å². The van der Waals surface area contributed by atoms with Gasteiger partial charge in [0.25, 0.3) is 5.56 Å². The molecule has 0 bridgehead atoms. The second-order valence-electron chi connectivity index (χ2n) is 6.85. The minimum atomic E-state index is -0.299. The quantitative estimate of drug-likeness (QED) is 0.652. The Morgan fingerprint density at radius 2 is 1.93 bits per heavy atom. The SMILES string of the molecule is Cc1cccc2c(=O)n(CCC(=O)NCC(=O)N(C)Cc3ccncc3)cnc12. The molecule has 0 saturated heterocycles. The van der Waals surface area contributed by atoms with Crippen molar-refractivity contribution >= 4 is 22.7 Å². The zero-order valence-electron chi connectivity index (χ0n) is 16.5. The number of pyridine rings is 1. The normalized spacial score (nSPS) is 10.7. The molecule has 2 heterocycles. The molecule has 150 valence electrons. The van der Waals surface area contributed by atoms with E-state index in [1.165, 1.54) is 15.8 Å². The number of likely N-dealkylation sites (N-methyl/N-ethyl adjacent to an activating group) is 1. The lowest BCUT2D eigenvalue weighted by Gasteiger charge is -2.17. The van der Waals surface area contributed by atoms with Crippen LogP contribution in [0.3, 0.4) is 0 Å². The van der Waals surface area contributed by atoms with Crippen molar-refractivity contribution in [1.82, 2.24) is 24.8 Å². The number of carbonyl (C=O) groups excluding carboxylic acids is 2. The second kappa shape index (κ2) is 9.09. The summed E-state index contributed by atoms with van der Waals surface area (Å²) in [6, 6.07) is 9.10. The van der Waals surface area contributed by atoms with Crippen LogP contribution in [0.4, 0.5) is 0 Å². The Morgan fingerprint density at radius 1 is 1.17 bits per heavy atom. The molecule has 0 unspecified atom stereocenters. The number of aromatic nitrogens is 3. The fourth-order valence-corrected chi connectivity index (χ4v) is 2.97. The van der Waals surface area contributed by atoms with Crippen LogP contribution in [-0.2, 0) is 22.7 Å². The van der Waals surface area contributed by atoms with Crippen LogP contribution in [0.25, 0.3) is 10.9 Å². The van der Waals surface area contributed by atoms with E-state index in [0.29, 0.717) is 17.4 Å². The summed E-state index contributed by atoms with van der Waals surface area (Å²) in [5.41, 5.74) is 2.38. The summed E-state index contributed by atoms with van der Waals surface area (Å²) in [7, 11) is 1.68. The summed E-state index contributed by atoms with van der Waals surface area (Å²) in [5, 5.41) is 3.14. The average Bonchev–Trinajstić information content (AvgIpc) is 2.72. The van der Waals surface area contributed by atoms with E-state index >= 15 is 0 Å². The first-order valence-corrected chi connectivity index (χ1v) is 9.30. The summed E-state index contributed by atoms with van der Waals surface area (Å²) < 4.78 is 1.42. The van der Waals surface area contributed by atoms with Gasteiger partial charge in [-0.2, -0.15) is 0 Å². The predicted molar refractivity (Wildman–Crippen MR) is 109 cm³/mol. The number of benzene rings is 1. The molecule has 0 radical (unpaired) electrons. The molecule has 8 nitrogen and oxygen atoms in total. The van der Waals surface area contributed by atoms with Gasteiger partial charge >= 0.3 is 0 Å². The number of hydrogen-bond acceptors (Lipinski definition) is 5. The Labute approximate surface area is 168 Å². The van der Waals surface area contributed by atoms with Crippen LogP contribution in [-0.4, -0.2) is 44.8 Å². The number of amides is 2. The van der Waals surface area contributed by atoms with Gasteiger partial charge in [-0.15, -0.1) is 0 Å². The summed E-state index contributed by atoms with van der Waals surface area (Å²) in [6.07, 6.45) is 4.87. The first kappa shape index (κ1) is 20.2. The molecule has 0 aliphatic heterocycles. The summed E-state index contributed by atoms with van der Waals surface area (Å²) in [6.45, 7) is 2.44. The van der Waals surface area contributed by atoms with Gasteiger partial charge in [0.2, 0.25) is 11.8 Å². The van der Waals surface area contributed by atoms with Crippen LogP contribution < -0.4 is 10.9 Å². The first-order valence-electron chi connectivity index (χ1n) is 9.30. The standard InChI is InChI=1S/C21H23N5O3/c1-15-4-3-5-17-20(15)24-14-26(21(17)29)11-8-18(27)23-12-19(28)25(2)13-16-6-9-22-10-7-16/h3-7,9-10,14H,8,11-13H2,1-2H3,(H,23,27). The van der Waals surface area contributed by atoms with E-state index in [1.807, 2.05) is 31.2 Å². The average molecular weight is 393 g/mol. The fourth-order valence-electron chi connectivity index (χ4n) is 2.97. The van der Waals surface area contributed by atoms with Gasteiger partial charge in [0.15, 0.2) is 0 Å². The van der Waals surface area contributed by atoms with Gasteiger partial charge in [-0.25, -0.2) is 4.98 Å². The predicted octanol–water partition coefficient (Wildman–Crippen LogP) is 1.26. The molecule has 8 heteroatoms. The number of rotatable bonds is 7. The van der Waals surface area contributed by atoms with Crippen molar-refractivity contribution < 1.29 is 9.59 Å². The lowest BCUT2D eigenvalue weighted by atomic mass is 10.1. The number of nitrogens with one attached hydrogen (secondary N) is 1. The third-order valence-electron chi connectivity index (χ3n) is 4.67. The van der Waals surface area contributed by atoms with E-state index in [4.69, 9.17) is 0 Å². The highest BCUT2D eigenvalue weighted by Crippen LogP contribution is 2.11. The molecule has 29 heavy (non-hydrogen) atoms. The number of hydrogen-bond donors (Lipinski definition) is 1. The highest BCUT2D eigenvalue weighted by molar-refractivity contribution is 5.84. The fraction of sp³-hybridized carbons (Fsp3) is 0.286. The van der Waals surface area contributed by atoms with Crippen molar-refractivity contribution in [2.45, 2.75) is 26.4 Å². The van der Waals surface area contributed by atoms with Crippen molar-refractivity contribution in [2.24, 2.45) is 0 Å². The number of fused-ring (bicyclic) bond motifs is 1. The van der Waals surface area contributed by atoms with Gasteiger partial charge in [0, 0.05) is 39.0 Å². The maximum absolute atomic E-state index is 12.5. The molecule has 3 aromatic rings. The highest BCUT2D eigenvalue weighted by Gasteiger charge is 2.12. The summed E-state index contributed by atoms with van der Waals surface area (Å²) >= 11 is 0. The molecule has 1 N–H and O–H groups in total. The molecule has 0 saturated carbocycles. The Morgan fingerprint density at radius 3 is 2.69 bits per heavy atom. The van der Waals surface area contributed by atoms with Gasteiger partial charge in [-0.3, -0.25) is 23.9 Å². The van der Waals surface area contributed by atoms with E-state index in [1.54, 1.807) is 25.5 Å². The molecule has 0 atom stereocenters. The minimum absolute atomic E-state index is 0.0836. The van der Waals surface area contributed by atoms with E-state index in [9.17, 15) is 14.4 Å². The Kier molecular flexibility index (Phi) is 6.33. The van der Waals surface area contributed by atoms with Crippen LogP contribution in [0.1, 0.15) is 17.5 Å². The van der Waals surface area contributed by atoms with Gasteiger partial charge in [0.1, 0.15) is 0 Å². The Balaban J connectivity index is 1.51. The number of aryl methyl sites for hydroxylation is 2. The lowest BCUT2D eigenvalue weighted by molar-refractivity contribution is -0.132. The zero-order chi connectivity index (χ0) is 20.8. The monoisotopic (exact) mass is 393 g/mol. The number of nitrogens with zero attached hydrogens (tertiary/aromatic N) is 4. The second-order valence-corrected chi connectivity index (χ2v) is 6.85. The maximum atomic E-state index is 12.5. The third-order valence-corrected chi connectivity index (χ3v) is 4.67. The Bertz CT molecular complexity index is 1080. The molecule has 2 amide bonds. The van der Waals surface area contributed by atoms with Crippen LogP contribution >= 0.6 is 0 Å². The minimum Gasteiger partial charge on any atom is -0.347 e. The largest absolute Gasteiger partial charge is 0.347 e. The van der Waals surface area contributed by atoms with Crippen molar-refractivity contribution in [3.8, 4) is 0 Å². The lowest BCUT2D eigenvalue weighted by Crippen LogP contribution is -2.38. The molecular formula is C21H23N5O3. The molecule has 2 aromatic heterocycles. The summed E-state index contributed by atoms with van der Waals surface area (Å²) in [5.74, 6) is -0.498. The van der Waals surface area contributed by atoms with Crippen molar-refractivity contribution in [1.29, 1.82) is 0 Å². The van der Waals surface area contributed by atoms with E-state index in [0.717, 1.165) is 11.1 Å². The molecule has 3 rings (SSSR count). The van der Waals surface area contributed by atoms with Gasteiger partial charge in [-0.05, 0) is 36.2 Å². The smallest absolute Gasteiger partial charge is 0.261 e. The molecule has 1 aromatic carbocycles. The van der Waals surface area contributed by atoms with E-state index in [-0.39, 0.29) is 36.9 Å². The maximum Gasteiger partial charge on any atom is 0.261 e. The zero-order valence-corrected chi connectivity index (χ0v) is 16.5.